The molecular weight excluding hydrogens is 373 g/mol. The number of benzene rings is 2. The molecule has 6 nitrogen and oxygen atoms in total. The van der Waals surface area contributed by atoms with Crippen molar-refractivity contribution in [3.63, 3.8) is 0 Å². The van der Waals surface area contributed by atoms with E-state index in [1.165, 1.54) is 6.07 Å². The van der Waals surface area contributed by atoms with Gasteiger partial charge in [-0.05, 0) is 49.1 Å². The largest absolute Gasteiger partial charge is 0.486 e. The van der Waals surface area contributed by atoms with Crippen molar-refractivity contribution in [3.05, 3.63) is 59.4 Å². The Hall–Kier alpha value is -2.64. The number of carbonyl (C=O) groups is 1. The lowest BCUT2D eigenvalue weighted by molar-refractivity contribution is 0.0781. The number of para-hydroxylation sites is 1. The van der Waals surface area contributed by atoms with Gasteiger partial charge in [0.15, 0.2) is 11.5 Å². The number of ether oxygens (including phenoxy) is 2. The zero-order valence-electron chi connectivity index (χ0n) is 16.5. The summed E-state index contributed by atoms with van der Waals surface area (Å²) in [7, 11) is 1.81. The average molecular weight is 399 g/mol. The van der Waals surface area contributed by atoms with E-state index in [1.54, 1.807) is 30.1 Å². The Bertz CT molecular complexity index is 876. The van der Waals surface area contributed by atoms with Gasteiger partial charge in [-0.2, -0.15) is 0 Å². The third kappa shape index (κ3) is 4.52. The third-order valence-electron chi connectivity index (χ3n) is 5.42. The second-order valence-corrected chi connectivity index (χ2v) is 7.53. The summed E-state index contributed by atoms with van der Waals surface area (Å²) >= 11 is 0. The van der Waals surface area contributed by atoms with Gasteiger partial charge in [-0.25, -0.2) is 4.39 Å². The summed E-state index contributed by atoms with van der Waals surface area (Å²) in [4.78, 5) is 14.6. The van der Waals surface area contributed by atoms with Crippen molar-refractivity contribution in [2.45, 2.75) is 31.3 Å². The minimum Gasteiger partial charge on any atom is -0.486 e. The molecule has 0 saturated carbocycles. The summed E-state index contributed by atoms with van der Waals surface area (Å²) < 4.78 is 24.6. The van der Waals surface area contributed by atoms with Crippen LogP contribution in [-0.2, 0) is 0 Å². The summed E-state index contributed by atoms with van der Waals surface area (Å²) in [5, 5.41) is 0. The first-order valence-corrected chi connectivity index (χ1v) is 10.0. The molecule has 2 heterocycles. The van der Waals surface area contributed by atoms with E-state index in [0.717, 1.165) is 24.8 Å². The number of amides is 1. The quantitative estimate of drug-likeness (QED) is 0.782. The zero-order valence-corrected chi connectivity index (χ0v) is 16.5. The van der Waals surface area contributed by atoms with Crippen molar-refractivity contribution in [1.29, 1.82) is 0 Å². The number of fused-ring (bicyclic) bond motifs is 1. The normalized spacial score (nSPS) is 20.5. The molecule has 2 aliphatic heterocycles. The molecule has 0 aromatic heterocycles. The topological polar surface area (TPSA) is 62.8 Å². The maximum atomic E-state index is 13.4. The van der Waals surface area contributed by atoms with Crippen LogP contribution in [0.3, 0.4) is 0 Å². The Kier molecular flexibility index (Phi) is 5.97. The molecule has 2 N–H and O–H groups in total. The molecule has 2 aliphatic rings. The molecule has 7 heteroatoms. The molecule has 2 atom stereocenters. The Morgan fingerprint density at radius 3 is 2.86 bits per heavy atom. The number of hydrazine groups is 1. The lowest BCUT2D eigenvalue weighted by Crippen LogP contribution is -2.33. The van der Waals surface area contributed by atoms with Gasteiger partial charge >= 0.3 is 0 Å². The molecule has 29 heavy (non-hydrogen) atoms. The molecule has 0 bridgehead atoms. The summed E-state index contributed by atoms with van der Waals surface area (Å²) in [6.45, 7) is 1.60. The van der Waals surface area contributed by atoms with E-state index in [4.69, 9.17) is 9.47 Å². The number of rotatable bonds is 6. The maximum Gasteiger partial charge on any atom is 0.257 e. The van der Waals surface area contributed by atoms with Gasteiger partial charge in [0.2, 0.25) is 0 Å². The molecule has 2 unspecified atom stereocenters. The van der Waals surface area contributed by atoms with Crippen LogP contribution in [-0.4, -0.2) is 43.7 Å². The molecule has 2 aromatic carbocycles. The van der Waals surface area contributed by atoms with Gasteiger partial charge in [-0.1, -0.05) is 18.2 Å². The van der Waals surface area contributed by atoms with E-state index in [0.29, 0.717) is 36.8 Å². The van der Waals surface area contributed by atoms with Crippen LogP contribution in [0.5, 0.6) is 11.5 Å². The smallest absolute Gasteiger partial charge is 0.257 e. The van der Waals surface area contributed by atoms with Gasteiger partial charge in [-0.3, -0.25) is 15.6 Å². The number of carbonyl (C=O) groups excluding carboxylic acids is 1. The number of halogens is 1. The van der Waals surface area contributed by atoms with Gasteiger partial charge < -0.3 is 14.4 Å². The zero-order chi connectivity index (χ0) is 20.2. The van der Waals surface area contributed by atoms with Gasteiger partial charge in [0.25, 0.3) is 5.91 Å². The second kappa shape index (κ2) is 8.80. The fourth-order valence-corrected chi connectivity index (χ4v) is 3.88. The SMILES string of the molecule is CN(CCCC1CC(c2cccc(F)c2)NN1)C(=O)c1cccc2c1OCCO2. The summed E-state index contributed by atoms with van der Waals surface area (Å²) in [5.74, 6) is 0.878. The van der Waals surface area contributed by atoms with Crippen LogP contribution in [0.4, 0.5) is 4.39 Å². The summed E-state index contributed by atoms with van der Waals surface area (Å²) in [6.07, 6.45) is 2.67. The Morgan fingerprint density at radius 1 is 1.17 bits per heavy atom. The van der Waals surface area contributed by atoms with Crippen molar-refractivity contribution in [3.8, 4) is 11.5 Å². The predicted octanol–water partition coefficient (Wildman–Crippen LogP) is 3.06. The first-order chi connectivity index (χ1) is 14.1. The minimum absolute atomic E-state index is 0.0671. The Balaban J connectivity index is 1.27. The Morgan fingerprint density at radius 2 is 2.00 bits per heavy atom. The number of nitrogens with one attached hydrogen (secondary N) is 2. The number of nitrogens with zero attached hydrogens (tertiary/aromatic N) is 1. The lowest BCUT2D eigenvalue weighted by Gasteiger charge is -2.23. The molecule has 1 amide bonds. The highest BCUT2D eigenvalue weighted by atomic mass is 19.1. The van der Waals surface area contributed by atoms with E-state index in [1.807, 2.05) is 18.2 Å². The van der Waals surface area contributed by atoms with Gasteiger partial charge in [0, 0.05) is 25.7 Å². The maximum absolute atomic E-state index is 13.4. The highest BCUT2D eigenvalue weighted by Crippen LogP contribution is 2.34. The highest BCUT2D eigenvalue weighted by molar-refractivity contribution is 5.97. The fourth-order valence-electron chi connectivity index (χ4n) is 3.88. The second-order valence-electron chi connectivity index (χ2n) is 7.53. The molecule has 1 saturated heterocycles. The number of hydrogen-bond acceptors (Lipinski definition) is 5. The predicted molar refractivity (Wildman–Crippen MR) is 107 cm³/mol. The van der Waals surface area contributed by atoms with Crippen LogP contribution >= 0.6 is 0 Å². The van der Waals surface area contributed by atoms with E-state index in [2.05, 4.69) is 10.9 Å². The van der Waals surface area contributed by atoms with Crippen LogP contribution < -0.4 is 20.3 Å². The third-order valence-corrected chi connectivity index (χ3v) is 5.42. The van der Waals surface area contributed by atoms with Crippen LogP contribution in [0.25, 0.3) is 0 Å². The van der Waals surface area contributed by atoms with Crippen molar-refractivity contribution >= 4 is 5.91 Å². The molecule has 4 rings (SSSR count). The van der Waals surface area contributed by atoms with Crippen LogP contribution in [0.2, 0.25) is 0 Å². The van der Waals surface area contributed by atoms with E-state index in [-0.39, 0.29) is 23.8 Å². The fraction of sp³-hybridized carbons (Fsp3) is 0.409. The molecule has 0 radical (unpaired) electrons. The summed E-state index contributed by atoms with van der Waals surface area (Å²) in [5.41, 5.74) is 8.02. The average Bonchev–Trinajstić information content (AvgIpc) is 3.22. The van der Waals surface area contributed by atoms with Crippen molar-refractivity contribution in [2.24, 2.45) is 0 Å². The van der Waals surface area contributed by atoms with E-state index < -0.39 is 0 Å². The standard InChI is InChI=1S/C22H26FN3O3/c1-26(22(27)18-8-3-9-20-21(18)29-12-11-28-20)10-4-7-17-14-19(25-24-17)15-5-2-6-16(23)13-15/h2-3,5-6,8-9,13,17,19,24-25H,4,7,10-12,14H2,1H3. The molecule has 0 aliphatic carbocycles. The lowest BCUT2D eigenvalue weighted by atomic mass is 9.99. The van der Waals surface area contributed by atoms with Crippen LogP contribution in [0.1, 0.15) is 41.2 Å². The van der Waals surface area contributed by atoms with Gasteiger partial charge in [-0.15, -0.1) is 0 Å². The van der Waals surface area contributed by atoms with Gasteiger partial charge in [0.05, 0.1) is 5.56 Å². The number of hydrogen-bond donors (Lipinski definition) is 2. The Labute approximate surface area is 170 Å². The molecule has 2 aromatic rings. The molecule has 0 spiro atoms. The van der Waals surface area contributed by atoms with Crippen LogP contribution in [0.15, 0.2) is 42.5 Å². The summed E-state index contributed by atoms with van der Waals surface area (Å²) in [6, 6.07) is 12.5. The minimum atomic E-state index is -0.217. The van der Waals surface area contributed by atoms with Crippen LogP contribution in [0, 0.1) is 5.82 Å². The molecule has 1 fully saturated rings. The van der Waals surface area contributed by atoms with Crippen molar-refractivity contribution in [1.82, 2.24) is 15.8 Å². The van der Waals surface area contributed by atoms with Crippen molar-refractivity contribution in [2.75, 3.05) is 26.8 Å². The highest BCUT2D eigenvalue weighted by Gasteiger charge is 2.26. The van der Waals surface area contributed by atoms with Gasteiger partial charge in [0.1, 0.15) is 19.0 Å². The molecular formula is C22H26FN3O3. The first kappa shape index (κ1) is 19.7. The van der Waals surface area contributed by atoms with E-state index >= 15 is 0 Å². The van der Waals surface area contributed by atoms with Crippen molar-refractivity contribution < 1.29 is 18.7 Å². The first-order valence-electron chi connectivity index (χ1n) is 10.0. The molecule has 154 valence electrons. The van der Waals surface area contributed by atoms with E-state index in [9.17, 15) is 9.18 Å². The monoisotopic (exact) mass is 399 g/mol.